The summed E-state index contributed by atoms with van der Waals surface area (Å²) in [6, 6.07) is -11.3. The maximum atomic E-state index is 14.4. The Morgan fingerprint density at radius 1 is 0.620 bits per heavy atom. The molecule has 20 N–H and O–H groups in total. The van der Waals surface area contributed by atoms with E-state index in [0.717, 1.165) is 32.6 Å². The number of unbranched alkanes of at least 4 members (excludes halogenated alkanes) is 4. The van der Waals surface area contributed by atoms with Gasteiger partial charge in [-0.25, -0.2) is 0 Å². The summed E-state index contributed by atoms with van der Waals surface area (Å²) in [7, 11) is 0. The van der Waals surface area contributed by atoms with E-state index in [1.165, 1.54) is 13.8 Å². The third-order valence-corrected chi connectivity index (χ3v) is 13.5. The number of Topliss-reactive ketones (excluding diaryl/α,β-unsaturated/α-hetero) is 3. The third kappa shape index (κ3) is 26.1. The molecule has 27 nitrogen and oxygen atoms in total. The number of hydrogen-bond acceptors (Lipinski definition) is 19. The zero-order chi connectivity index (χ0) is 59.9. The highest BCUT2D eigenvalue weighted by atomic mass is 16.3. The van der Waals surface area contributed by atoms with E-state index in [1.807, 2.05) is 0 Å². The van der Waals surface area contributed by atoms with Crippen LogP contribution in [0.3, 0.4) is 0 Å². The number of rotatable bonds is 29. The summed E-state index contributed by atoms with van der Waals surface area (Å²) in [6.45, 7) is 7.22. The summed E-state index contributed by atoms with van der Waals surface area (Å²) in [5.74, 6) is -13.0. The number of aliphatic hydroxyl groups is 4. The first-order valence-corrected chi connectivity index (χ1v) is 27.7. The number of carbonyl (C=O) groups excluding carboxylic acids is 11. The van der Waals surface area contributed by atoms with Crippen molar-refractivity contribution in [1.82, 2.24) is 42.5 Å². The van der Waals surface area contributed by atoms with Crippen molar-refractivity contribution in [2.45, 2.75) is 198 Å². The molecule has 452 valence electrons. The highest BCUT2D eigenvalue weighted by molar-refractivity contribution is 5.99. The zero-order valence-corrected chi connectivity index (χ0v) is 47.0. The van der Waals surface area contributed by atoms with Gasteiger partial charge in [-0.3, -0.25) is 52.7 Å². The predicted octanol–water partition coefficient (Wildman–Crippen LogP) is -4.44. The van der Waals surface area contributed by atoms with Crippen LogP contribution in [0.25, 0.3) is 0 Å². The average Bonchev–Trinajstić information content (AvgIpc) is 3.37. The molecule has 0 unspecified atom stereocenters. The van der Waals surface area contributed by atoms with E-state index >= 15 is 0 Å². The molecular formula is C52H94N12O15. The molecule has 1 heterocycles. The van der Waals surface area contributed by atoms with Crippen molar-refractivity contribution in [1.29, 1.82) is 0 Å². The minimum atomic E-state index is -1.75. The standard InChI is InChI=1S/C52H94N12O15/c1-7-8-9-10-11-12-35(69)24-32(13-18-53)46(73)62-42(29(4)66)41(71)25-33(14-19-54)45(72)59-38-17-22-57-51(78)43(30(5)67)64-49(76)37(16-21-56)60-50(77)39(27-65)61-52(79)44(31(6)68)63-47(74)34(23-28(2)3)26-40(70)36(15-20-55)58-48(38)75/h28-34,36-39,42-44,65-68H,7-27,53-56H2,1-6H3,(H,57,78)(H,58,75)(H,59,72)(H,60,77)(H,61,79)(H,62,73)(H,63,74)(H,64,76)/t29-,30-,31-,32-,33-,34+,36+,37+,38+,39+,42+,43+,44+/m1/s1. The number of nitrogens with one attached hydrogen (secondary N) is 8. The average molecular weight is 1130 g/mol. The van der Waals surface area contributed by atoms with E-state index in [-0.39, 0.29) is 82.8 Å². The molecule has 0 radical (unpaired) electrons. The summed E-state index contributed by atoms with van der Waals surface area (Å²) in [5, 5.41) is 61.7. The number of ketones is 3. The van der Waals surface area contributed by atoms with Crippen LogP contribution in [0.4, 0.5) is 0 Å². The fourth-order valence-corrected chi connectivity index (χ4v) is 8.96. The minimum absolute atomic E-state index is 0.0526. The molecule has 0 aromatic rings. The Kier molecular flexibility index (Phi) is 34.5. The van der Waals surface area contributed by atoms with E-state index in [9.17, 15) is 73.2 Å². The Balaban J connectivity index is 3.78. The van der Waals surface area contributed by atoms with Gasteiger partial charge in [0.15, 0.2) is 11.6 Å². The molecule has 1 fully saturated rings. The quantitative estimate of drug-likeness (QED) is 0.0314. The van der Waals surface area contributed by atoms with E-state index in [0.29, 0.717) is 6.42 Å². The predicted molar refractivity (Wildman–Crippen MR) is 290 cm³/mol. The van der Waals surface area contributed by atoms with E-state index in [2.05, 4.69) is 49.5 Å². The van der Waals surface area contributed by atoms with Crippen LogP contribution in [-0.2, 0) is 52.7 Å². The second kappa shape index (κ2) is 38.2. The Bertz CT molecular complexity index is 1990. The first-order valence-electron chi connectivity index (χ1n) is 27.7. The number of carbonyl (C=O) groups is 11. The molecular weight excluding hydrogens is 1030 g/mol. The third-order valence-electron chi connectivity index (χ3n) is 13.5. The Labute approximate surface area is 463 Å². The maximum absolute atomic E-state index is 14.4. The molecule has 1 saturated heterocycles. The lowest BCUT2D eigenvalue weighted by Crippen LogP contribution is -2.61. The second-order valence-electron chi connectivity index (χ2n) is 21.0. The van der Waals surface area contributed by atoms with Gasteiger partial charge >= 0.3 is 0 Å². The van der Waals surface area contributed by atoms with Gasteiger partial charge < -0.3 is 85.9 Å². The first-order chi connectivity index (χ1) is 37.3. The summed E-state index contributed by atoms with van der Waals surface area (Å²) >= 11 is 0. The molecule has 0 bridgehead atoms. The van der Waals surface area contributed by atoms with E-state index < -0.39 is 170 Å². The van der Waals surface area contributed by atoms with Gasteiger partial charge in [-0.05, 0) is 97.8 Å². The van der Waals surface area contributed by atoms with Gasteiger partial charge in [0.05, 0.1) is 31.0 Å². The largest absolute Gasteiger partial charge is 0.394 e. The molecule has 0 spiro atoms. The van der Waals surface area contributed by atoms with Crippen LogP contribution in [-0.4, -0.2) is 185 Å². The van der Waals surface area contributed by atoms with Gasteiger partial charge in [-0.15, -0.1) is 0 Å². The number of amides is 8. The van der Waals surface area contributed by atoms with Crippen LogP contribution in [0.5, 0.6) is 0 Å². The van der Waals surface area contributed by atoms with E-state index in [1.54, 1.807) is 13.8 Å². The molecule has 1 aliphatic heterocycles. The summed E-state index contributed by atoms with van der Waals surface area (Å²) in [4.78, 5) is 151. The van der Waals surface area contributed by atoms with Crippen molar-refractivity contribution in [3.8, 4) is 0 Å². The van der Waals surface area contributed by atoms with Crippen LogP contribution < -0.4 is 65.5 Å². The van der Waals surface area contributed by atoms with Crippen LogP contribution in [0, 0.1) is 23.7 Å². The highest BCUT2D eigenvalue weighted by Gasteiger charge is 2.38. The molecule has 8 amide bonds. The van der Waals surface area contributed by atoms with Gasteiger partial charge in [0.1, 0.15) is 42.0 Å². The smallest absolute Gasteiger partial charge is 0.245 e. The number of hydrogen-bond donors (Lipinski definition) is 16. The van der Waals surface area contributed by atoms with Crippen molar-refractivity contribution in [3.05, 3.63) is 0 Å². The topological polar surface area (TPSA) is 469 Å². The van der Waals surface area contributed by atoms with Gasteiger partial charge in [0.2, 0.25) is 47.3 Å². The van der Waals surface area contributed by atoms with Crippen molar-refractivity contribution >= 4 is 64.6 Å². The van der Waals surface area contributed by atoms with Gasteiger partial charge in [0.25, 0.3) is 0 Å². The van der Waals surface area contributed by atoms with Crippen molar-refractivity contribution in [2.75, 3.05) is 39.3 Å². The van der Waals surface area contributed by atoms with Gasteiger partial charge in [-0.2, -0.15) is 0 Å². The molecule has 0 aliphatic carbocycles. The number of aliphatic hydroxyl groups excluding tert-OH is 4. The molecule has 0 aromatic heterocycles. The van der Waals surface area contributed by atoms with Crippen molar-refractivity contribution < 1.29 is 73.2 Å². The van der Waals surface area contributed by atoms with Crippen LogP contribution in [0.2, 0.25) is 0 Å². The number of nitrogens with two attached hydrogens (primary N) is 4. The van der Waals surface area contributed by atoms with Gasteiger partial charge in [-0.1, -0.05) is 46.5 Å². The van der Waals surface area contributed by atoms with Crippen LogP contribution in [0.15, 0.2) is 0 Å². The Morgan fingerprint density at radius 2 is 1.15 bits per heavy atom. The fraction of sp³-hybridized carbons (Fsp3) is 0.788. The first kappa shape index (κ1) is 71.5. The molecule has 1 aliphatic rings. The second-order valence-corrected chi connectivity index (χ2v) is 21.0. The minimum Gasteiger partial charge on any atom is -0.394 e. The monoisotopic (exact) mass is 1130 g/mol. The molecule has 0 saturated carbocycles. The summed E-state index contributed by atoms with van der Waals surface area (Å²) in [5.41, 5.74) is 23.3. The van der Waals surface area contributed by atoms with Crippen molar-refractivity contribution in [2.24, 2.45) is 46.6 Å². The molecule has 1 rings (SSSR count). The lowest BCUT2D eigenvalue weighted by molar-refractivity contribution is -0.138. The zero-order valence-electron chi connectivity index (χ0n) is 47.0. The fourth-order valence-electron chi connectivity index (χ4n) is 8.96. The maximum Gasteiger partial charge on any atom is 0.245 e. The van der Waals surface area contributed by atoms with Crippen molar-refractivity contribution in [3.63, 3.8) is 0 Å². The summed E-state index contributed by atoms with van der Waals surface area (Å²) < 4.78 is 0. The Hall–Kier alpha value is -5.55. The van der Waals surface area contributed by atoms with Crippen LogP contribution in [0.1, 0.15) is 138 Å². The lowest BCUT2D eigenvalue weighted by Gasteiger charge is -2.28. The molecule has 0 aromatic carbocycles. The molecule has 27 heteroatoms. The lowest BCUT2D eigenvalue weighted by atomic mass is 9.88. The van der Waals surface area contributed by atoms with Gasteiger partial charge in [0, 0.05) is 50.0 Å². The SMILES string of the molecule is CCCCCCCC(=O)C[C@@H](CCN)C(=O)N[C@H](C(=O)C[C@@H](CCN)C(=O)N[C@H]1CCNC(=O)[C@H]([C@@H](C)O)NC(=O)[C@H](CCN)NC(=O)[C@H](CO)NC(=O)[C@H]([C@@H](C)O)NC(=O)[C@@H](CC(C)C)CC(=O)[C@H](CCN)NC1=O)[C@@H](C)O. The van der Waals surface area contributed by atoms with E-state index in [4.69, 9.17) is 22.9 Å². The van der Waals surface area contributed by atoms with Crippen LogP contribution >= 0.6 is 0 Å². The Morgan fingerprint density at radius 3 is 1.70 bits per heavy atom. The molecule has 13 atom stereocenters. The molecule has 79 heavy (non-hydrogen) atoms. The normalized spacial score (nSPS) is 24.0. The summed E-state index contributed by atoms with van der Waals surface area (Å²) in [6.07, 6.45) is -1.98. The highest BCUT2D eigenvalue weighted by Crippen LogP contribution is 2.20.